The van der Waals surface area contributed by atoms with Gasteiger partial charge in [-0.3, -0.25) is 19.3 Å². The van der Waals surface area contributed by atoms with E-state index >= 15 is 0 Å². The highest BCUT2D eigenvalue weighted by atomic mass is 32.1. The zero-order chi connectivity index (χ0) is 38.1. The summed E-state index contributed by atoms with van der Waals surface area (Å²) in [6.07, 6.45) is 9.46. The second-order valence-corrected chi connectivity index (χ2v) is 17.5. The molecule has 2 aromatic heterocycles. The Balaban J connectivity index is 0.000000158. The number of fused-ring (bicyclic) bond motifs is 4. The van der Waals surface area contributed by atoms with Gasteiger partial charge in [0.2, 0.25) is 0 Å². The maximum absolute atomic E-state index is 13.0. The molecule has 4 aliphatic rings. The van der Waals surface area contributed by atoms with E-state index in [-0.39, 0.29) is 10.9 Å². The highest BCUT2D eigenvalue weighted by molar-refractivity contribution is 7.18. The lowest BCUT2D eigenvalue weighted by atomic mass is 9.86. The zero-order valence-corrected chi connectivity index (χ0v) is 34.0. The summed E-state index contributed by atoms with van der Waals surface area (Å²) in [6.45, 7) is 13.0. The normalized spacial score (nSPS) is 19.7. The molecule has 1 N–H and O–H groups in total. The minimum absolute atomic E-state index is 0.177. The summed E-state index contributed by atoms with van der Waals surface area (Å²) >= 11 is 3.53. The first-order valence-corrected chi connectivity index (χ1v) is 21.9. The molecule has 9 rings (SSSR count). The van der Waals surface area contributed by atoms with Crippen LogP contribution in [0.25, 0.3) is 31.3 Å². The van der Waals surface area contributed by atoms with Crippen LogP contribution in [0.1, 0.15) is 76.3 Å². The number of hydrogen-bond acceptors (Lipinski definition) is 9. The van der Waals surface area contributed by atoms with Crippen molar-refractivity contribution < 1.29 is 14.3 Å². The summed E-state index contributed by atoms with van der Waals surface area (Å²) in [6, 6.07) is 20.6. The molecule has 2 unspecified atom stereocenters. The molecule has 9 heteroatoms. The van der Waals surface area contributed by atoms with E-state index in [0.717, 1.165) is 141 Å². The Bertz CT molecular complexity index is 2190. The maximum atomic E-state index is 13.0. The van der Waals surface area contributed by atoms with Crippen LogP contribution in [-0.2, 0) is 41.7 Å². The third-order valence-electron chi connectivity index (χ3n) is 11.7. The average Bonchev–Trinajstić information content (AvgIpc) is 3.24. The molecule has 0 spiro atoms. The van der Waals surface area contributed by atoms with Crippen molar-refractivity contribution in [3.8, 4) is 11.1 Å². The van der Waals surface area contributed by atoms with Crippen LogP contribution in [-0.4, -0.2) is 63.8 Å². The van der Waals surface area contributed by atoms with Crippen LogP contribution in [0.2, 0.25) is 0 Å². The molecule has 2 aliphatic carbocycles. The van der Waals surface area contributed by atoms with Crippen molar-refractivity contribution in [2.75, 3.05) is 52.6 Å². The molecule has 4 heterocycles. The molecule has 2 aliphatic heterocycles. The van der Waals surface area contributed by atoms with Crippen LogP contribution < -0.4 is 16.2 Å². The molecule has 290 valence electrons. The minimum atomic E-state index is 0.177. The van der Waals surface area contributed by atoms with Crippen LogP contribution in [0.5, 0.6) is 0 Å². The van der Waals surface area contributed by atoms with Crippen molar-refractivity contribution in [1.29, 1.82) is 0 Å². The molecule has 2 saturated heterocycles. The van der Waals surface area contributed by atoms with Crippen molar-refractivity contribution in [1.82, 2.24) is 10.2 Å². The van der Waals surface area contributed by atoms with E-state index in [2.05, 4.69) is 60.5 Å². The van der Waals surface area contributed by atoms with Gasteiger partial charge in [-0.25, -0.2) is 0 Å². The number of carbonyl (C=O) groups is 1. The van der Waals surface area contributed by atoms with Crippen molar-refractivity contribution in [3.63, 3.8) is 0 Å². The van der Waals surface area contributed by atoms with E-state index in [9.17, 15) is 14.4 Å². The predicted octanol–water partition coefficient (Wildman–Crippen LogP) is 8.47. The van der Waals surface area contributed by atoms with E-state index in [1.54, 1.807) is 23.5 Å². The van der Waals surface area contributed by atoms with E-state index in [1.165, 1.54) is 39.3 Å². The van der Waals surface area contributed by atoms with Crippen molar-refractivity contribution in [2.45, 2.75) is 71.8 Å². The zero-order valence-electron chi connectivity index (χ0n) is 32.3. The Morgan fingerprint density at radius 1 is 0.709 bits per heavy atom. The van der Waals surface area contributed by atoms with Crippen molar-refractivity contribution in [3.05, 3.63) is 113 Å². The first-order valence-electron chi connectivity index (χ1n) is 20.2. The SMILES string of the molecule is C1COCCN1.CCC1CCc2c(sc3cc(-c4ccc(CN5CCOCC5)cc4)ccc3c2=O)C1.CCC1CCc2c(sc3cc(C=O)ccc3c2=O)C1. The smallest absolute Gasteiger partial charge is 0.191 e. The monoisotopic (exact) mass is 778 g/mol. The fraction of sp³-hybridized carbons (Fsp3) is 0.457. The van der Waals surface area contributed by atoms with Gasteiger partial charge in [-0.15, -0.1) is 22.7 Å². The average molecular weight is 779 g/mol. The van der Waals surface area contributed by atoms with Crippen LogP contribution in [0.15, 0.2) is 70.3 Å². The lowest BCUT2D eigenvalue weighted by Gasteiger charge is -2.26. The molecule has 7 nitrogen and oxygen atoms in total. The Hall–Kier alpha value is -3.57. The number of nitrogens with zero attached hydrogens (tertiary/aromatic N) is 1. The summed E-state index contributed by atoms with van der Waals surface area (Å²) in [5.74, 6) is 1.43. The fourth-order valence-corrected chi connectivity index (χ4v) is 10.8. The molecule has 0 saturated carbocycles. The minimum Gasteiger partial charge on any atom is -0.379 e. The highest BCUT2D eigenvalue weighted by Crippen LogP contribution is 2.35. The molecule has 2 atom stereocenters. The maximum Gasteiger partial charge on any atom is 0.191 e. The first kappa shape index (κ1) is 39.7. The van der Waals surface area contributed by atoms with Gasteiger partial charge in [-0.2, -0.15) is 0 Å². The van der Waals surface area contributed by atoms with Crippen LogP contribution in [0.4, 0.5) is 0 Å². The molecule has 0 amide bonds. The molecule has 0 bridgehead atoms. The van der Waals surface area contributed by atoms with Gasteiger partial charge in [-0.1, -0.05) is 63.1 Å². The number of rotatable bonds is 6. The van der Waals surface area contributed by atoms with Gasteiger partial charge >= 0.3 is 0 Å². The standard InChI is InChI=1S/C26H29NO2S.C16H16O2S.C4H9NO/c1-2-18-5-9-22-24(15-18)30-25-16-21(8-10-23(25)26(22)28)20-6-3-19(4-7-20)17-27-11-13-29-14-12-27;1-2-10-3-5-12-14(7-10)19-15-8-11(9-17)4-6-13(15)16(12)18;1-3-6-4-2-5-1/h3-4,6-8,10,16,18H,2,5,9,11-15,17H2,1H3;4,6,8-10H,2-3,5,7H2,1H3;5H,1-4H2. The summed E-state index contributed by atoms with van der Waals surface area (Å²) in [7, 11) is 0. The Labute approximate surface area is 332 Å². The lowest BCUT2D eigenvalue weighted by molar-refractivity contribution is 0.0342. The molecule has 5 aromatic rings. The molecule has 0 radical (unpaired) electrons. The van der Waals surface area contributed by atoms with E-state index < -0.39 is 0 Å². The third-order valence-corrected chi connectivity index (χ3v) is 14.1. The summed E-state index contributed by atoms with van der Waals surface area (Å²) in [4.78, 5) is 41.4. The number of aldehydes is 1. The van der Waals surface area contributed by atoms with E-state index in [4.69, 9.17) is 9.47 Å². The van der Waals surface area contributed by atoms with Crippen molar-refractivity contribution in [2.24, 2.45) is 11.8 Å². The lowest BCUT2D eigenvalue weighted by Crippen LogP contribution is -2.35. The van der Waals surface area contributed by atoms with Crippen LogP contribution in [0, 0.1) is 11.8 Å². The van der Waals surface area contributed by atoms with E-state index in [0.29, 0.717) is 11.5 Å². The van der Waals surface area contributed by atoms with Gasteiger partial charge in [-0.05, 0) is 91.3 Å². The topological polar surface area (TPSA) is 84.9 Å². The second-order valence-electron chi connectivity index (χ2n) is 15.2. The van der Waals surface area contributed by atoms with Gasteiger partial charge < -0.3 is 14.8 Å². The van der Waals surface area contributed by atoms with Gasteiger partial charge in [0.05, 0.1) is 26.4 Å². The van der Waals surface area contributed by atoms with Gasteiger partial charge in [0.15, 0.2) is 10.9 Å². The Kier molecular flexibility index (Phi) is 13.7. The molecular formula is C46H54N2O5S2. The first-order chi connectivity index (χ1) is 26.9. The summed E-state index contributed by atoms with van der Waals surface area (Å²) < 4.78 is 12.5. The molecular weight excluding hydrogens is 725 g/mol. The summed E-state index contributed by atoms with van der Waals surface area (Å²) in [5.41, 5.74) is 6.93. The number of ether oxygens (including phenoxy) is 2. The quantitative estimate of drug-likeness (QED) is 0.173. The predicted molar refractivity (Wildman–Crippen MR) is 228 cm³/mol. The van der Waals surface area contributed by atoms with Gasteiger partial charge in [0.1, 0.15) is 6.29 Å². The number of nitrogens with one attached hydrogen (secondary N) is 1. The summed E-state index contributed by atoms with van der Waals surface area (Å²) in [5, 5.41) is 4.82. The fourth-order valence-electron chi connectivity index (χ4n) is 8.12. The molecule has 55 heavy (non-hydrogen) atoms. The number of morpholine rings is 2. The van der Waals surface area contributed by atoms with Gasteiger partial charge in [0.25, 0.3) is 0 Å². The Morgan fingerprint density at radius 3 is 1.78 bits per heavy atom. The number of carbonyl (C=O) groups excluding carboxylic acids is 1. The largest absolute Gasteiger partial charge is 0.379 e. The van der Waals surface area contributed by atoms with Crippen LogP contribution in [0.3, 0.4) is 0 Å². The number of hydrogen-bond donors (Lipinski definition) is 1. The molecule has 2 fully saturated rings. The van der Waals surface area contributed by atoms with E-state index in [1.807, 2.05) is 23.5 Å². The number of benzene rings is 3. The Morgan fingerprint density at radius 2 is 1.25 bits per heavy atom. The molecule has 3 aromatic carbocycles. The highest BCUT2D eigenvalue weighted by Gasteiger charge is 2.23. The van der Waals surface area contributed by atoms with Crippen LogP contribution >= 0.6 is 22.7 Å². The van der Waals surface area contributed by atoms with Gasteiger partial charge in [0, 0.05) is 79.3 Å². The third kappa shape index (κ3) is 9.70. The van der Waals surface area contributed by atoms with Crippen molar-refractivity contribution >= 4 is 49.1 Å². The second kappa shape index (κ2) is 19.0.